The van der Waals surface area contributed by atoms with E-state index in [1.807, 2.05) is 0 Å². The molecule has 32 heavy (non-hydrogen) atoms. The molecule has 5 atom stereocenters. The van der Waals surface area contributed by atoms with Crippen LogP contribution in [0.2, 0.25) is 10.0 Å². The lowest BCUT2D eigenvalue weighted by molar-refractivity contribution is -0.186. The highest BCUT2D eigenvalue weighted by Gasteiger charge is 2.47. The number of nitrogens with one attached hydrogen (secondary N) is 1. The monoisotopic (exact) mass is 522 g/mol. The summed E-state index contributed by atoms with van der Waals surface area (Å²) in [4.78, 5) is 14.4. The highest BCUT2D eigenvalue weighted by Crippen LogP contribution is 2.41. The molecule has 1 aliphatic rings. The summed E-state index contributed by atoms with van der Waals surface area (Å²) in [5.74, 6) is -0.728. The van der Waals surface area contributed by atoms with E-state index < -0.39 is 42.2 Å². The Bertz CT molecular complexity index is 1140. The quantitative estimate of drug-likeness (QED) is 0.422. The molecule has 3 unspecified atom stereocenters. The predicted molar refractivity (Wildman–Crippen MR) is 118 cm³/mol. The molecule has 1 fully saturated rings. The molecule has 0 radical (unpaired) electrons. The van der Waals surface area contributed by atoms with E-state index >= 15 is 0 Å². The van der Waals surface area contributed by atoms with E-state index in [0.717, 1.165) is 23.1 Å². The Morgan fingerprint density at radius 3 is 2.72 bits per heavy atom. The summed E-state index contributed by atoms with van der Waals surface area (Å²) in [6, 6.07) is 2.01. The van der Waals surface area contributed by atoms with Crippen molar-refractivity contribution in [2.45, 2.75) is 34.7 Å². The first-order valence-electron chi connectivity index (χ1n) is 9.20. The minimum Gasteiger partial charge on any atom is -0.394 e. The van der Waals surface area contributed by atoms with E-state index in [1.165, 1.54) is 23.9 Å². The van der Waals surface area contributed by atoms with Gasteiger partial charge in [0.15, 0.2) is 5.82 Å². The van der Waals surface area contributed by atoms with Crippen LogP contribution in [-0.2, 0) is 9.47 Å². The lowest BCUT2D eigenvalue weighted by Gasteiger charge is -2.43. The molecule has 0 bridgehead atoms. The Morgan fingerprint density at radius 1 is 1.41 bits per heavy atom. The standard InChI is InChI=1S/C18H17Cl2FN4O5S2/c1-29-16-14(25-4-10(23-24-25)11-6-31-18(28)22-11)15(27)12(5-26)30-17(16)32-7-2-8(19)13(21)9(20)3-7/h2-4,6,12,14-17,26-27H,5H2,1H3,(H,22,28)/t12?,14?,15-,16?,17+/m0/s1. The molecule has 3 aromatic rings. The molecule has 3 N–H and O–H groups in total. The summed E-state index contributed by atoms with van der Waals surface area (Å²) >= 11 is 13.9. The number of thioether (sulfide) groups is 1. The molecule has 1 aromatic carbocycles. The Morgan fingerprint density at radius 2 is 2.12 bits per heavy atom. The van der Waals surface area contributed by atoms with Crippen molar-refractivity contribution in [3.63, 3.8) is 0 Å². The fourth-order valence-corrected chi connectivity index (χ4v) is 5.83. The Hall–Kier alpha value is -1.51. The summed E-state index contributed by atoms with van der Waals surface area (Å²) in [6.45, 7) is -0.463. The molecule has 0 amide bonds. The van der Waals surface area contributed by atoms with Crippen molar-refractivity contribution in [2.24, 2.45) is 0 Å². The molecular formula is C18H17Cl2FN4O5S2. The number of nitrogens with zero attached hydrogens (tertiary/aromatic N) is 3. The maximum absolute atomic E-state index is 13.8. The number of halogens is 3. The maximum Gasteiger partial charge on any atom is 0.304 e. The average molecular weight is 523 g/mol. The normalized spacial score (nSPS) is 25.9. The number of ether oxygens (including phenoxy) is 2. The van der Waals surface area contributed by atoms with Gasteiger partial charge in [0.25, 0.3) is 0 Å². The molecule has 3 heterocycles. The first-order valence-corrected chi connectivity index (χ1v) is 11.7. The second-order valence-electron chi connectivity index (χ2n) is 6.87. The highest BCUT2D eigenvalue weighted by atomic mass is 35.5. The van der Waals surface area contributed by atoms with Gasteiger partial charge in [0.05, 0.1) is 28.5 Å². The van der Waals surface area contributed by atoms with E-state index in [1.54, 1.807) is 11.6 Å². The van der Waals surface area contributed by atoms with Gasteiger partial charge in [-0.2, -0.15) is 0 Å². The summed E-state index contributed by atoms with van der Waals surface area (Å²) in [5.41, 5.74) is 0.150. The zero-order valence-corrected chi connectivity index (χ0v) is 19.5. The molecule has 4 rings (SSSR count). The Kier molecular flexibility index (Phi) is 7.22. The van der Waals surface area contributed by atoms with Crippen molar-refractivity contribution in [3.8, 4) is 11.4 Å². The number of hydrogen-bond acceptors (Lipinski definition) is 9. The summed E-state index contributed by atoms with van der Waals surface area (Å²) in [6.07, 6.45) is -1.33. The third kappa shape index (κ3) is 4.59. The number of hydrogen-bond donors (Lipinski definition) is 3. The van der Waals surface area contributed by atoms with Crippen molar-refractivity contribution >= 4 is 46.3 Å². The largest absolute Gasteiger partial charge is 0.394 e. The van der Waals surface area contributed by atoms with Gasteiger partial charge in [0, 0.05) is 17.4 Å². The minimum absolute atomic E-state index is 0.147. The summed E-state index contributed by atoms with van der Waals surface area (Å²) < 4.78 is 26.7. The van der Waals surface area contributed by atoms with Gasteiger partial charge >= 0.3 is 4.87 Å². The third-order valence-corrected chi connectivity index (χ3v) is 7.26. The van der Waals surface area contributed by atoms with Gasteiger partial charge in [-0.1, -0.05) is 51.5 Å². The second-order valence-corrected chi connectivity index (χ2v) is 9.70. The van der Waals surface area contributed by atoms with Crippen LogP contribution in [0.5, 0.6) is 0 Å². The molecule has 0 saturated carbocycles. The summed E-state index contributed by atoms with van der Waals surface area (Å²) in [7, 11) is 1.44. The lowest BCUT2D eigenvalue weighted by Crippen LogP contribution is -2.55. The molecule has 1 aliphatic heterocycles. The second kappa shape index (κ2) is 9.77. The van der Waals surface area contributed by atoms with Crippen LogP contribution in [0.4, 0.5) is 4.39 Å². The van der Waals surface area contributed by atoms with E-state index in [0.29, 0.717) is 16.3 Å². The minimum atomic E-state index is -1.18. The number of aliphatic hydroxyl groups excluding tert-OH is 2. The average Bonchev–Trinajstić information content (AvgIpc) is 3.41. The molecular weight excluding hydrogens is 506 g/mol. The molecule has 172 valence electrons. The molecule has 14 heteroatoms. The van der Waals surface area contributed by atoms with Crippen LogP contribution < -0.4 is 4.87 Å². The topological polar surface area (TPSA) is 122 Å². The zero-order valence-electron chi connectivity index (χ0n) is 16.3. The highest BCUT2D eigenvalue weighted by molar-refractivity contribution is 7.99. The molecule has 9 nitrogen and oxygen atoms in total. The number of rotatable bonds is 6. The van der Waals surface area contributed by atoms with Gasteiger partial charge in [0.1, 0.15) is 35.5 Å². The Balaban J connectivity index is 1.66. The first kappa shape index (κ1) is 23.6. The molecule has 2 aromatic heterocycles. The van der Waals surface area contributed by atoms with E-state index in [9.17, 15) is 19.4 Å². The number of thiazole rings is 1. The molecule has 0 spiro atoms. The fourth-order valence-electron chi connectivity index (χ4n) is 3.39. The fraction of sp³-hybridized carbons (Fsp3) is 0.389. The van der Waals surface area contributed by atoms with Crippen LogP contribution in [0.15, 0.2) is 33.4 Å². The van der Waals surface area contributed by atoms with Crippen LogP contribution in [0, 0.1) is 5.82 Å². The van der Waals surface area contributed by atoms with Crippen molar-refractivity contribution < 1.29 is 24.1 Å². The smallest absolute Gasteiger partial charge is 0.304 e. The van der Waals surface area contributed by atoms with Crippen LogP contribution >= 0.6 is 46.3 Å². The number of benzene rings is 1. The zero-order chi connectivity index (χ0) is 23.0. The number of methoxy groups -OCH3 is 1. The van der Waals surface area contributed by atoms with Crippen LogP contribution in [0.1, 0.15) is 6.04 Å². The predicted octanol–water partition coefficient (Wildman–Crippen LogP) is 2.57. The van der Waals surface area contributed by atoms with E-state index in [4.69, 9.17) is 32.7 Å². The van der Waals surface area contributed by atoms with Crippen molar-refractivity contribution in [2.75, 3.05) is 13.7 Å². The maximum atomic E-state index is 13.8. The van der Waals surface area contributed by atoms with Crippen molar-refractivity contribution in [1.82, 2.24) is 20.0 Å². The van der Waals surface area contributed by atoms with Gasteiger partial charge in [-0.3, -0.25) is 4.79 Å². The number of aromatic nitrogens is 4. The van der Waals surface area contributed by atoms with Gasteiger partial charge in [-0.05, 0) is 12.1 Å². The molecule has 1 saturated heterocycles. The van der Waals surface area contributed by atoms with Crippen LogP contribution in [0.3, 0.4) is 0 Å². The van der Waals surface area contributed by atoms with Crippen molar-refractivity contribution in [3.05, 3.63) is 49.2 Å². The van der Waals surface area contributed by atoms with Crippen molar-refractivity contribution in [1.29, 1.82) is 0 Å². The van der Waals surface area contributed by atoms with E-state index in [2.05, 4.69) is 15.3 Å². The van der Waals surface area contributed by atoms with Gasteiger partial charge < -0.3 is 24.7 Å². The Labute approximate surface area is 199 Å². The van der Waals surface area contributed by atoms with E-state index in [-0.39, 0.29) is 14.9 Å². The summed E-state index contributed by atoms with van der Waals surface area (Å²) in [5, 5.41) is 30.1. The van der Waals surface area contributed by atoms with Crippen LogP contribution in [-0.4, -0.2) is 67.7 Å². The number of aliphatic hydroxyl groups is 2. The molecule has 0 aliphatic carbocycles. The lowest BCUT2D eigenvalue weighted by atomic mass is 9.97. The SMILES string of the molecule is COC1C(n2cc(-c3csc(=O)[nH]3)nn2)[C@@H](O)C(CO)O[C@@H]1Sc1cc(Cl)c(F)c(Cl)c1. The van der Waals surface area contributed by atoms with Crippen LogP contribution in [0.25, 0.3) is 11.4 Å². The first-order chi connectivity index (χ1) is 15.3. The number of H-pyrrole nitrogens is 1. The van der Waals surface area contributed by atoms with Gasteiger partial charge in [-0.15, -0.1) is 5.10 Å². The third-order valence-electron chi connectivity index (χ3n) is 4.92. The van der Waals surface area contributed by atoms with Gasteiger partial charge in [0.2, 0.25) is 0 Å². The number of aromatic amines is 1. The van der Waals surface area contributed by atoms with Gasteiger partial charge in [-0.25, -0.2) is 9.07 Å².